The first kappa shape index (κ1) is 16.7. The van der Waals surface area contributed by atoms with Crippen LogP contribution in [0, 0.1) is 0 Å². The lowest BCUT2D eigenvalue weighted by Crippen LogP contribution is -2.09. The van der Waals surface area contributed by atoms with E-state index in [1.54, 1.807) is 24.3 Å². The Kier molecular flexibility index (Phi) is 5.52. The second-order valence-corrected chi connectivity index (χ2v) is 5.52. The minimum Gasteiger partial charge on any atom is -0.507 e. The smallest absolute Gasteiger partial charge is 0.124 e. The summed E-state index contributed by atoms with van der Waals surface area (Å²) in [5.74, 6) is 0.463. The molecule has 0 aromatic heterocycles. The number of phenols is 2. The Bertz CT molecular complexity index is 736. The van der Waals surface area contributed by atoms with Crippen LogP contribution in [0.25, 0.3) is 0 Å². The highest BCUT2D eigenvalue weighted by atomic mass is 16.3. The first-order valence-electron chi connectivity index (χ1n) is 7.61. The lowest BCUT2D eigenvalue weighted by molar-refractivity contribution is 0.473. The van der Waals surface area contributed by atoms with Crippen molar-refractivity contribution in [3.05, 3.63) is 59.7 Å². The van der Waals surface area contributed by atoms with Gasteiger partial charge < -0.3 is 10.2 Å². The zero-order chi connectivity index (χ0) is 16.8. The summed E-state index contributed by atoms with van der Waals surface area (Å²) in [5.41, 5.74) is 3.04. The maximum absolute atomic E-state index is 9.85. The van der Waals surface area contributed by atoms with Crippen molar-refractivity contribution in [1.82, 2.24) is 0 Å². The number of nitrogens with zero attached hydrogens (tertiary/aromatic N) is 2. The molecule has 0 saturated heterocycles. The van der Waals surface area contributed by atoms with Gasteiger partial charge in [0.25, 0.3) is 0 Å². The fourth-order valence-electron chi connectivity index (χ4n) is 2.35. The minimum absolute atomic E-state index is 0.0181. The Morgan fingerprint density at radius 3 is 1.87 bits per heavy atom. The van der Waals surface area contributed by atoms with E-state index in [1.807, 2.05) is 45.0 Å². The van der Waals surface area contributed by atoms with E-state index in [0.29, 0.717) is 6.54 Å². The van der Waals surface area contributed by atoms with Crippen molar-refractivity contribution in [2.75, 3.05) is 6.54 Å². The molecule has 0 heterocycles. The van der Waals surface area contributed by atoms with Crippen molar-refractivity contribution < 1.29 is 10.2 Å². The van der Waals surface area contributed by atoms with Crippen LogP contribution >= 0.6 is 0 Å². The monoisotopic (exact) mass is 310 g/mol. The molecule has 120 valence electrons. The summed E-state index contributed by atoms with van der Waals surface area (Å²) in [4.78, 5) is 9.09. The highest BCUT2D eigenvalue weighted by Crippen LogP contribution is 2.18. The Labute approximate surface area is 136 Å². The van der Waals surface area contributed by atoms with Crippen LogP contribution in [0.3, 0.4) is 0 Å². The molecule has 0 bridgehead atoms. The van der Waals surface area contributed by atoms with E-state index < -0.39 is 0 Å². The quantitative estimate of drug-likeness (QED) is 0.825. The summed E-state index contributed by atoms with van der Waals surface area (Å²) in [5, 5.41) is 19.7. The number of rotatable bonds is 5. The fraction of sp³-hybridized carbons (Fsp3) is 0.263. The van der Waals surface area contributed by atoms with Crippen LogP contribution in [-0.4, -0.2) is 34.2 Å². The van der Waals surface area contributed by atoms with Gasteiger partial charge in [-0.1, -0.05) is 24.3 Å². The summed E-state index contributed by atoms with van der Waals surface area (Å²) in [6, 6.07) is 14.3. The molecule has 1 unspecified atom stereocenters. The van der Waals surface area contributed by atoms with Crippen molar-refractivity contribution in [2.24, 2.45) is 9.98 Å². The van der Waals surface area contributed by atoms with Crippen LogP contribution < -0.4 is 0 Å². The first-order valence-corrected chi connectivity index (χ1v) is 7.61. The van der Waals surface area contributed by atoms with Gasteiger partial charge in [0, 0.05) is 22.6 Å². The topological polar surface area (TPSA) is 65.2 Å². The maximum atomic E-state index is 9.85. The summed E-state index contributed by atoms with van der Waals surface area (Å²) in [7, 11) is 0. The van der Waals surface area contributed by atoms with E-state index in [-0.39, 0.29) is 17.5 Å². The number of aliphatic imine (C=N–C) groups is 2. The van der Waals surface area contributed by atoms with Gasteiger partial charge in [-0.25, -0.2) is 0 Å². The van der Waals surface area contributed by atoms with Crippen molar-refractivity contribution in [3.8, 4) is 11.5 Å². The van der Waals surface area contributed by atoms with Crippen molar-refractivity contribution >= 4 is 11.4 Å². The van der Waals surface area contributed by atoms with Gasteiger partial charge in [-0.3, -0.25) is 9.98 Å². The van der Waals surface area contributed by atoms with Crippen LogP contribution in [0.15, 0.2) is 58.5 Å². The summed E-state index contributed by atoms with van der Waals surface area (Å²) < 4.78 is 0. The van der Waals surface area contributed by atoms with Crippen LogP contribution in [0.4, 0.5) is 0 Å². The normalized spacial score (nSPS) is 13.9. The fourth-order valence-corrected chi connectivity index (χ4v) is 2.35. The van der Waals surface area contributed by atoms with Crippen molar-refractivity contribution in [2.45, 2.75) is 26.8 Å². The van der Waals surface area contributed by atoms with Gasteiger partial charge >= 0.3 is 0 Å². The van der Waals surface area contributed by atoms with Gasteiger partial charge in [-0.15, -0.1) is 0 Å². The van der Waals surface area contributed by atoms with E-state index in [4.69, 9.17) is 0 Å². The lowest BCUT2D eigenvalue weighted by Gasteiger charge is -2.09. The molecule has 1 atom stereocenters. The molecule has 0 saturated carbocycles. The Balaban J connectivity index is 2.09. The van der Waals surface area contributed by atoms with Gasteiger partial charge in [0.2, 0.25) is 0 Å². The molecule has 2 rings (SSSR count). The van der Waals surface area contributed by atoms with Gasteiger partial charge in [-0.05, 0) is 45.0 Å². The highest BCUT2D eigenvalue weighted by molar-refractivity contribution is 6.01. The number of aromatic hydroxyl groups is 2. The van der Waals surface area contributed by atoms with Crippen LogP contribution in [-0.2, 0) is 0 Å². The summed E-state index contributed by atoms with van der Waals surface area (Å²) in [6.07, 6.45) is 0. The van der Waals surface area contributed by atoms with Crippen molar-refractivity contribution in [3.63, 3.8) is 0 Å². The molecular formula is C19H22N2O2. The Morgan fingerprint density at radius 2 is 1.35 bits per heavy atom. The molecule has 0 aliphatic carbocycles. The molecular weight excluding hydrogens is 288 g/mol. The molecule has 23 heavy (non-hydrogen) atoms. The largest absolute Gasteiger partial charge is 0.507 e. The van der Waals surface area contributed by atoms with Gasteiger partial charge in [0.05, 0.1) is 12.6 Å². The number of hydrogen-bond acceptors (Lipinski definition) is 4. The Morgan fingerprint density at radius 1 is 0.870 bits per heavy atom. The SMILES string of the molecule is CC(=NCC(C)N=C(C)c1ccccc1O)c1ccccc1O. The number of hydrogen-bond donors (Lipinski definition) is 2. The van der Waals surface area contributed by atoms with Crippen molar-refractivity contribution in [1.29, 1.82) is 0 Å². The molecule has 0 fully saturated rings. The van der Waals surface area contributed by atoms with Crippen LogP contribution in [0.1, 0.15) is 31.9 Å². The van der Waals surface area contributed by atoms with Gasteiger partial charge in [-0.2, -0.15) is 0 Å². The average molecular weight is 310 g/mol. The molecule has 0 aliphatic rings. The number of phenolic OH excluding ortho intramolecular Hbond substituents is 2. The molecule has 0 amide bonds. The zero-order valence-electron chi connectivity index (χ0n) is 13.7. The minimum atomic E-state index is -0.0181. The van der Waals surface area contributed by atoms with E-state index >= 15 is 0 Å². The predicted molar refractivity (Wildman–Crippen MR) is 95.0 cm³/mol. The molecule has 0 aliphatic heterocycles. The van der Waals surface area contributed by atoms with Crippen LogP contribution in [0.2, 0.25) is 0 Å². The third-order valence-corrected chi connectivity index (χ3v) is 3.59. The third kappa shape index (κ3) is 4.42. The molecule has 2 aromatic carbocycles. The average Bonchev–Trinajstić information content (AvgIpc) is 2.53. The first-order chi connectivity index (χ1) is 11.0. The highest BCUT2D eigenvalue weighted by Gasteiger charge is 2.07. The van der Waals surface area contributed by atoms with Gasteiger partial charge in [0.1, 0.15) is 11.5 Å². The third-order valence-electron chi connectivity index (χ3n) is 3.59. The van der Waals surface area contributed by atoms with Gasteiger partial charge in [0.15, 0.2) is 0 Å². The summed E-state index contributed by atoms with van der Waals surface area (Å²) >= 11 is 0. The zero-order valence-corrected chi connectivity index (χ0v) is 13.7. The second kappa shape index (κ2) is 7.58. The standard InChI is InChI=1S/C19H22N2O2/c1-13(21-15(3)17-9-5-7-11-19(17)23)12-20-14(2)16-8-4-6-10-18(16)22/h4-11,13,22-23H,12H2,1-3H3. The molecule has 2 N–H and O–H groups in total. The van der Waals surface area contributed by atoms with Crippen LogP contribution in [0.5, 0.6) is 11.5 Å². The second-order valence-electron chi connectivity index (χ2n) is 5.52. The predicted octanol–water partition coefficient (Wildman–Crippen LogP) is 3.80. The summed E-state index contributed by atoms with van der Waals surface area (Å²) in [6.45, 7) is 6.25. The molecule has 0 radical (unpaired) electrons. The van der Waals surface area contributed by atoms with E-state index in [2.05, 4.69) is 9.98 Å². The van der Waals surface area contributed by atoms with E-state index in [0.717, 1.165) is 22.6 Å². The van der Waals surface area contributed by atoms with E-state index in [9.17, 15) is 10.2 Å². The maximum Gasteiger partial charge on any atom is 0.124 e. The molecule has 2 aromatic rings. The molecule has 4 nitrogen and oxygen atoms in total. The molecule has 0 spiro atoms. The Hall–Kier alpha value is -2.62. The number of para-hydroxylation sites is 2. The lowest BCUT2D eigenvalue weighted by atomic mass is 10.1. The van der Waals surface area contributed by atoms with E-state index in [1.165, 1.54) is 0 Å². The molecule has 4 heteroatoms. The number of benzene rings is 2.